The number of aromatic nitrogens is 1. The van der Waals surface area contributed by atoms with E-state index in [1.54, 1.807) is 30.3 Å². The van der Waals surface area contributed by atoms with Crippen LogP contribution in [0.15, 0.2) is 23.2 Å². The molecule has 3 N–H and O–H groups in total. The number of likely N-dealkylation sites (tertiary alicyclic amines) is 1. The predicted octanol–water partition coefficient (Wildman–Crippen LogP) is 1.25. The van der Waals surface area contributed by atoms with Gasteiger partial charge < -0.3 is 20.9 Å². The van der Waals surface area contributed by atoms with Crippen molar-refractivity contribution < 1.29 is 9.59 Å². The van der Waals surface area contributed by atoms with E-state index in [1.165, 1.54) is 0 Å². The molecule has 0 bridgehead atoms. The number of hydrogen-bond donors (Lipinski definition) is 2. The van der Waals surface area contributed by atoms with E-state index >= 15 is 0 Å². The molecule has 0 aromatic carbocycles. The van der Waals surface area contributed by atoms with Crippen molar-refractivity contribution in [3.05, 3.63) is 23.9 Å². The molecular weight excluding hydrogens is 400 g/mol. The smallest absolute Gasteiger partial charge is 0.270 e. The van der Waals surface area contributed by atoms with Crippen LogP contribution >= 0.6 is 12.2 Å². The first-order valence-electron chi connectivity index (χ1n) is 10.2. The van der Waals surface area contributed by atoms with Gasteiger partial charge in [0.05, 0.1) is 11.0 Å². The molecule has 2 atom stereocenters. The van der Waals surface area contributed by atoms with E-state index in [0.29, 0.717) is 43.6 Å². The number of rotatable bonds is 7. The highest BCUT2D eigenvalue weighted by atomic mass is 32.1. The molecule has 2 fully saturated rings. The van der Waals surface area contributed by atoms with Gasteiger partial charge in [0.1, 0.15) is 11.5 Å². The molecule has 0 saturated carbocycles. The van der Waals surface area contributed by atoms with Crippen LogP contribution in [-0.4, -0.2) is 72.2 Å². The maximum atomic E-state index is 12.9. The second-order valence-electron chi connectivity index (χ2n) is 8.56. The molecule has 9 heteroatoms. The minimum absolute atomic E-state index is 0.100. The fourth-order valence-corrected chi connectivity index (χ4v) is 4.28. The van der Waals surface area contributed by atoms with Crippen molar-refractivity contribution in [1.29, 1.82) is 0 Å². The van der Waals surface area contributed by atoms with Crippen LogP contribution in [0, 0.1) is 11.3 Å². The highest BCUT2D eigenvalue weighted by Gasteiger charge is 2.39. The summed E-state index contributed by atoms with van der Waals surface area (Å²) in [6.07, 6.45) is 3.22. The van der Waals surface area contributed by atoms with Crippen LogP contribution in [0.4, 0.5) is 5.82 Å². The van der Waals surface area contributed by atoms with Crippen LogP contribution in [0.3, 0.4) is 0 Å². The maximum Gasteiger partial charge on any atom is 0.270 e. The van der Waals surface area contributed by atoms with Gasteiger partial charge in [0.25, 0.3) is 5.91 Å². The van der Waals surface area contributed by atoms with Crippen LogP contribution < -0.4 is 16.0 Å². The topological polar surface area (TPSA) is 104 Å². The molecule has 3 heterocycles. The number of amides is 2. The van der Waals surface area contributed by atoms with Crippen molar-refractivity contribution in [2.75, 3.05) is 38.1 Å². The van der Waals surface area contributed by atoms with E-state index in [9.17, 15) is 9.59 Å². The van der Waals surface area contributed by atoms with Crippen molar-refractivity contribution in [2.24, 2.45) is 22.1 Å². The lowest BCUT2D eigenvalue weighted by atomic mass is 9.92. The summed E-state index contributed by atoms with van der Waals surface area (Å²) in [4.78, 5) is 38.5. The predicted molar refractivity (Wildman–Crippen MR) is 122 cm³/mol. The van der Waals surface area contributed by atoms with Crippen molar-refractivity contribution >= 4 is 41.1 Å². The maximum absolute atomic E-state index is 12.9. The molecule has 2 aliphatic heterocycles. The van der Waals surface area contributed by atoms with Crippen molar-refractivity contribution in [3.8, 4) is 0 Å². The lowest BCUT2D eigenvalue weighted by molar-refractivity contribution is -0.134. The minimum Gasteiger partial charge on any atom is -0.341 e. The fourth-order valence-electron chi connectivity index (χ4n) is 3.88. The zero-order valence-corrected chi connectivity index (χ0v) is 18.6. The Morgan fingerprint density at radius 3 is 2.87 bits per heavy atom. The molecule has 3 rings (SSSR count). The first kappa shape index (κ1) is 22.3. The third kappa shape index (κ3) is 4.84. The van der Waals surface area contributed by atoms with Gasteiger partial charge >= 0.3 is 0 Å². The highest BCUT2D eigenvalue weighted by Crippen LogP contribution is 2.30. The molecule has 0 aliphatic carbocycles. The summed E-state index contributed by atoms with van der Waals surface area (Å²) in [5.41, 5.74) is 5.72. The third-order valence-electron chi connectivity index (χ3n) is 5.72. The Kier molecular flexibility index (Phi) is 6.82. The summed E-state index contributed by atoms with van der Waals surface area (Å²) >= 11 is 5.46. The molecular formula is C21H30N6O2S. The number of hydrogen-bond acceptors (Lipinski definition) is 6. The first-order chi connectivity index (χ1) is 14.2. The summed E-state index contributed by atoms with van der Waals surface area (Å²) < 4.78 is 0. The average Bonchev–Trinajstić information content (AvgIpc) is 3.22. The van der Waals surface area contributed by atoms with Crippen molar-refractivity contribution in [1.82, 2.24) is 15.2 Å². The molecule has 2 amide bonds. The van der Waals surface area contributed by atoms with Crippen molar-refractivity contribution in [3.63, 3.8) is 0 Å². The number of aliphatic imine (C=N–C) groups is 1. The number of nitrogens with one attached hydrogen (secondary N) is 1. The van der Waals surface area contributed by atoms with E-state index < -0.39 is 0 Å². The van der Waals surface area contributed by atoms with Gasteiger partial charge in [-0.3, -0.25) is 14.6 Å². The summed E-state index contributed by atoms with van der Waals surface area (Å²) in [5.74, 6) is 0.751. The minimum atomic E-state index is -0.389. The van der Waals surface area contributed by atoms with Gasteiger partial charge in [0, 0.05) is 44.7 Å². The first-order valence-corrected chi connectivity index (χ1v) is 10.7. The van der Waals surface area contributed by atoms with Crippen LogP contribution in [0.2, 0.25) is 0 Å². The summed E-state index contributed by atoms with van der Waals surface area (Å²) in [7, 11) is 1.65. The standard InChI is InChI=1S/C21H30N6O2S/c1-21(2)7-8-26(20(21)29)13-15(11-23-3)24-19(28)16-5-4-6-17(25-16)27-12-14(10-22)9-18(27)30/h4-6,11,14-15H,7-10,12-13,22H2,1-3H3,(H,24,28). The second kappa shape index (κ2) is 9.18. The zero-order valence-electron chi connectivity index (χ0n) is 17.8. The van der Waals surface area contributed by atoms with Gasteiger partial charge in [-0.1, -0.05) is 32.1 Å². The number of thiocarbonyl (C=S) groups is 1. The molecule has 2 aliphatic rings. The van der Waals surface area contributed by atoms with E-state index in [2.05, 4.69) is 15.3 Å². The number of nitrogens with two attached hydrogens (primary N) is 1. The number of anilines is 1. The van der Waals surface area contributed by atoms with Crippen LogP contribution in [0.5, 0.6) is 0 Å². The van der Waals surface area contributed by atoms with Crippen LogP contribution in [0.1, 0.15) is 37.2 Å². The van der Waals surface area contributed by atoms with Gasteiger partial charge in [-0.15, -0.1) is 0 Å². The van der Waals surface area contributed by atoms with Gasteiger partial charge in [-0.25, -0.2) is 4.98 Å². The Bertz CT molecular complexity index is 856. The lowest BCUT2D eigenvalue weighted by Gasteiger charge is -2.24. The highest BCUT2D eigenvalue weighted by molar-refractivity contribution is 7.80. The molecule has 2 unspecified atom stereocenters. The summed E-state index contributed by atoms with van der Waals surface area (Å²) in [5, 5.41) is 2.94. The number of carbonyl (C=O) groups is 2. The van der Waals surface area contributed by atoms with E-state index in [4.69, 9.17) is 18.0 Å². The molecule has 8 nitrogen and oxygen atoms in total. The second-order valence-corrected chi connectivity index (χ2v) is 9.03. The molecule has 1 aromatic heterocycles. The van der Waals surface area contributed by atoms with Gasteiger partial charge in [0.2, 0.25) is 5.91 Å². The number of carbonyl (C=O) groups excluding carboxylic acids is 2. The molecule has 162 valence electrons. The Morgan fingerprint density at radius 1 is 1.50 bits per heavy atom. The van der Waals surface area contributed by atoms with Gasteiger partial charge in [0.15, 0.2) is 0 Å². The molecule has 30 heavy (non-hydrogen) atoms. The molecule has 2 saturated heterocycles. The average molecular weight is 431 g/mol. The Morgan fingerprint density at radius 2 is 2.27 bits per heavy atom. The van der Waals surface area contributed by atoms with Crippen molar-refractivity contribution in [2.45, 2.75) is 32.7 Å². The Labute approximate surface area is 182 Å². The zero-order chi connectivity index (χ0) is 21.9. The van der Waals surface area contributed by atoms with Gasteiger partial charge in [-0.2, -0.15) is 0 Å². The van der Waals surface area contributed by atoms with Gasteiger partial charge in [-0.05, 0) is 31.0 Å². The van der Waals surface area contributed by atoms with Crippen LogP contribution in [-0.2, 0) is 4.79 Å². The quantitative estimate of drug-likeness (QED) is 0.498. The monoisotopic (exact) mass is 430 g/mol. The Balaban J connectivity index is 1.69. The van der Waals surface area contributed by atoms with E-state index in [0.717, 1.165) is 17.8 Å². The van der Waals surface area contributed by atoms with E-state index in [-0.39, 0.29) is 23.3 Å². The number of nitrogens with zero attached hydrogens (tertiary/aromatic N) is 4. The lowest BCUT2D eigenvalue weighted by Crippen LogP contribution is -2.46. The SMILES string of the molecule is CN=CC(CN1CCC(C)(C)C1=O)NC(=O)c1cccc(N2CC(CN)CC2=S)n1. The number of pyridine rings is 1. The largest absolute Gasteiger partial charge is 0.341 e. The molecule has 0 radical (unpaired) electrons. The van der Waals surface area contributed by atoms with E-state index in [1.807, 2.05) is 24.8 Å². The fraction of sp³-hybridized carbons (Fsp3) is 0.571. The third-order valence-corrected chi connectivity index (χ3v) is 6.10. The molecule has 0 spiro atoms. The summed E-state index contributed by atoms with van der Waals surface area (Å²) in [6, 6.07) is 4.92. The molecule has 1 aromatic rings. The van der Waals surface area contributed by atoms with Crippen LogP contribution in [0.25, 0.3) is 0 Å². The normalized spacial score (nSPS) is 22.2. The summed E-state index contributed by atoms with van der Waals surface area (Å²) in [6.45, 7) is 6.25. The Hall–Kier alpha value is -2.39.